The third kappa shape index (κ3) is 4.68. The van der Waals surface area contributed by atoms with Crippen molar-refractivity contribution in [2.75, 3.05) is 6.61 Å². The van der Waals surface area contributed by atoms with Crippen molar-refractivity contribution in [1.82, 2.24) is 0 Å². The number of rotatable bonds is 6. The fourth-order valence-electron chi connectivity index (χ4n) is 2.67. The van der Waals surface area contributed by atoms with Crippen LogP contribution in [0.2, 0.25) is 0 Å². The predicted molar refractivity (Wildman–Crippen MR) is 93.3 cm³/mol. The molecule has 5 unspecified atom stereocenters. The minimum atomic E-state index is -1.49. The lowest BCUT2D eigenvalue weighted by molar-refractivity contribution is -0.277. The fourth-order valence-corrected chi connectivity index (χ4v) is 2.67. The van der Waals surface area contributed by atoms with E-state index in [2.05, 4.69) is 0 Å². The number of phenols is 1. The minimum Gasteiger partial charge on any atom is -0.508 e. The zero-order valence-corrected chi connectivity index (χ0v) is 14.4. The van der Waals surface area contributed by atoms with Crippen LogP contribution in [0.15, 0.2) is 48.5 Å². The zero-order valence-electron chi connectivity index (χ0n) is 14.4. The Balaban J connectivity index is 1.57. The highest BCUT2D eigenvalue weighted by Gasteiger charge is 2.44. The highest BCUT2D eigenvalue weighted by Crippen LogP contribution is 2.25. The van der Waals surface area contributed by atoms with Crippen LogP contribution >= 0.6 is 0 Å². The number of benzene rings is 2. The summed E-state index contributed by atoms with van der Waals surface area (Å²) in [7, 11) is 0. The molecule has 146 valence electrons. The van der Waals surface area contributed by atoms with Gasteiger partial charge in [0.1, 0.15) is 48.3 Å². The first-order chi connectivity index (χ1) is 13.0. The second-order valence-corrected chi connectivity index (χ2v) is 6.24. The van der Waals surface area contributed by atoms with Gasteiger partial charge >= 0.3 is 0 Å². The van der Waals surface area contributed by atoms with E-state index in [4.69, 9.17) is 14.2 Å². The lowest BCUT2D eigenvalue weighted by Gasteiger charge is -2.39. The summed E-state index contributed by atoms with van der Waals surface area (Å²) < 4.78 is 16.4. The molecule has 2 aromatic carbocycles. The molecular formula is C19H22O8. The lowest BCUT2D eigenvalue weighted by atomic mass is 9.99. The van der Waals surface area contributed by atoms with Crippen molar-refractivity contribution < 1.29 is 39.7 Å². The van der Waals surface area contributed by atoms with Crippen LogP contribution in [0.4, 0.5) is 0 Å². The van der Waals surface area contributed by atoms with Gasteiger partial charge in [0.15, 0.2) is 0 Å². The first-order valence-corrected chi connectivity index (χ1v) is 8.46. The number of aromatic hydroxyl groups is 1. The minimum absolute atomic E-state index is 0.164. The first-order valence-electron chi connectivity index (χ1n) is 8.46. The van der Waals surface area contributed by atoms with Gasteiger partial charge in [0, 0.05) is 0 Å². The molecule has 0 radical (unpaired) electrons. The summed E-state index contributed by atoms with van der Waals surface area (Å²) >= 11 is 0. The molecule has 8 heteroatoms. The Labute approximate surface area is 155 Å². The van der Waals surface area contributed by atoms with Gasteiger partial charge in [0.05, 0.1) is 6.61 Å². The van der Waals surface area contributed by atoms with Crippen molar-refractivity contribution in [2.45, 2.75) is 37.3 Å². The van der Waals surface area contributed by atoms with Crippen LogP contribution in [0.25, 0.3) is 0 Å². The van der Waals surface area contributed by atoms with Gasteiger partial charge in [-0.05, 0) is 42.0 Å². The molecule has 5 N–H and O–H groups in total. The van der Waals surface area contributed by atoms with Crippen LogP contribution in [0, 0.1) is 0 Å². The highest BCUT2D eigenvalue weighted by atomic mass is 16.7. The van der Waals surface area contributed by atoms with E-state index < -0.39 is 37.3 Å². The number of aliphatic hydroxyl groups excluding tert-OH is 4. The molecule has 27 heavy (non-hydrogen) atoms. The van der Waals surface area contributed by atoms with Crippen LogP contribution in [0.5, 0.6) is 17.2 Å². The molecular weight excluding hydrogens is 356 g/mol. The Morgan fingerprint density at radius 1 is 0.815 bits per heavy atom. The highest BCUT2D eigenvalue weighted by molar-refractivity contribution is 5.31. The molecule has 0 bridgehead atoms. The summed E-state index contributed by atoms with van der Waals surface area (Å²) in [5.74, 6) is 1.17. The summed E-state index contributed by atoms with van der Waals surface area (Å²) in [6.07, 6.45) is -6.62. The lowest BCUT2D eigenvalue weighted by Crippen LogP contribution is -2.60. The number of hydrogen-bond acceptors (Lipinski definition) is 8. The van der Waals surface area contributed by atoms with E-state index in [0.717, 1.165) is 5.56 Å². The van der Waals surface area contributed by atoms with Gasteiger partial charge < -0.3 is 39.7 Å². The molecule has 0 saturated carbocycles. The molecule has 5 atom stereocenters. The Kier molecular flexibility index (Phi) is 6.15. The van der Waals surface area contributed by atoms with E-state index in [1.165, 1.54) is 12.1 Å². The van der Waals surface area contributed by atoms with Gasteiger partial charge in [-0.15, -0.1) is 0 Å². The predicted octanol–water partition coefficient (Wildman–Crippen LogP) is 0.150. The van der Waals surface area contributed by atoms with Crippen LogP contribution in [-0.4, -0.2) is 62.8 Å². The summed E-state index contributed by atoms with van der Waals surface area (Å²) in [6.45, 7) is -0.205. The van der Waals surface area contributed by atoms with Crippen LogP contribution in [-0.2, 0) is 11.3 Å². The fraction of sp³-hybridized carbons (Fsp3) is 0.368. The first kappa shape index (κ1) is 19.4. The van der Waals surface area contributed by atoms with Gasteiger partial charge in [-0.2, -0.15) is 0 Å². The molecule has 0 aromatic heterocycles. The van der Waals surface area contributed by atoms with E-state index in [9.17, 15) is 25.5 Å². The van der Waals surface area contributed by atoms with Gasteiger partial charge in [-0.3, -0.25) is 0 Å². The molecule has 1 aliphatic heterocycles. The summed E-state index contributed by atoms with van der Waals surface area (Å²) in [4.78, 5) is 0. The monoisotopic (exact) mass is 378 g/mol. The second kappa shape index (κ2) is 8.55. The summed E-state index contributed by atoms with van der Waals surface area (Å²) in [5, 5.41) is 48.0. The average Bonchev–Trinajstić information content (AvgIpc) is 2.69. The number of ether oxygens (including phenoxy) is 3. The van der Waals surface area contributed by atoms with E-state index in [-0.39, 0.29) is 5.75 Å². The SMILES string of the molecule is OCC1OC(Oc2ccc(COc3ccc(O)cc3)cc2)C(O)C(O)C1O. The second-order valence-electron chi connectivity index (χ2n) is 6.24. The van der Waals surface area contributed by atoms with Crippen LogP contribution in [0.3, 0.4) is 0 Å². The molecule has 1 heterocycles. The maximum absolute atomic E-state index is 9.99. The van der Waals surface area contributed by atoms with E-state index >= 15 is 0 Å². The number of phenolic OH excluding ortho intramolecular Hbond substituents is 1. The normalized spacial score (nSPS) is 27.9. The van der Waals surface area contributed by atoms with Crippen molar-refractivity contribution in [2.24, 2.45) is 0 Å². The van der Waals surface area contributed by atoms with Crippen molar-refractivity contribution in [1.29, 1.82) is 0 Å². The van der Waals surface area contributed by atoms with Gasteiger partial charge in [-0.1, -0.05) is 12.1 Å². The van der Waals surface area contributed by atoms with E-state index in [0.29, 0.717) is 18.1 Å². The topological polar surface area (TPSA) is 129 Å². The van der Waals surface area contributed by atoms with E-state index in [1.54, 1.807) is 36.4 Å². The smallest absolute Gasteiger partial charge is 0.229 e. The average molecular weight is 378 g/mol. The van der Waals surface area contributed by atoms with Crippen molar-refractivity contribution in [3.05, 3.63) is 54.1 Å². The third-order valence-corrected chi connectivity index (χ3v) is 4.27. The Bertz CT molecular complexity index is 715. The number of hydrogen-bond donors (Lipinski definition) is 5. The zero-order chi connectivity index (χ0) is 19.4. The molecule has 2 aromatic rings. The summed E-state index contributed by atoms with van der Waals surface area (Å²) in [5.41, 5.74) is 0.865. The molecule has 1 saturated heterocycles. The van der Waals surface area contributed by atoms with Crippen molar-refractivity contribution >= 4 is 0 Å². The Morgan fingerprint density at radius 2 is 1.44 bits per heavy atom. The molecule has 8 nitrogen and oxygen atoms in total. The molecule has 0 spiro atoms. The molecule has 3 rings (SSSR count). The van der Waals surface area contributed by atoms with Gasteiger partial charge in [0.2, 0.25) is 6.29 Å². The maximum Gasteiger partial charge on any atom is 0.229 e. The van der Waals surface area contributed by atoms with Gasteiger partial charge in [-0.25, -0.2) is 0 Å². The molecule has 0 amide bonds. The largest absolute Gasteiger partial charge is 0.508 e. The quantitative estimate of drug-likeness (QED) is 0.480. The number of aliphatic hydroxyl groups is 4. The standard InChI is InChI=1S/C19H22O8/c20-9-15-16(22)17(23)18(24)19(27-15)26-14-5-1-11(2-6-14)10-25-13-7-3-12(21)4-8-13/h1-8,15-24H,9-10H2. The Morgan fingerprint density at radius 3 is 2.07 bits per heavy atom. The van der Waals surface area contributed by atoms with Crippen LogP contribution in [0.1, 0.15) is 5.56 Å². The Hall–Kier alpha value is -2.36. The third-order valence-electron chi connectivity index (χ3n) is 4.27. The maximum atomic E-state index is 9.99. The molecule has 0 aliphatic carbocycles. The van der Waals surface area contributed by atoms with Crippen molar-refractivity contribution in [3.63, 3.8) is 0 Å². The van der Waals surface area contributed by atoms with Crippen LogP contribution < -0.4 is 9.47 Å². The van der Waals surface area contributed by atoms with Gasteiger partial charge in [0.25, 0.3) is 0 Å². The van der Waals surface area contributed by atoms with Crippen molar-refractivity contribution in [3.8, 4) is 17.2 Å². The molecule has 1 fully saturated rings. The molecule has 1 aliphatic rings. The summed E-state index contributed by atoms with van der Waals surface area (Å²) in [6, 6.07) is 13.2. The van der Waals surface area contributed by atoms with E-state index in [1.807, 2.05) is 0 Å².